The number of rotatable bonds is 9. The van der Waals surface area contributed by atoms with E-state index in [1.165, 1.54) is 0 Å². The number of aliphatic carboxylic acids is 2. The zero-order chi connectivity index (χ0) is 12.6. The van der Waals surface area contributed by atoms with E-state index in [2.05, 4.69) is 6.92 Å². The van der Waals surface area contributed by atoms with Crippen LogP contribution in [0.2, 0.25) is 0 Å². The molecule has 0 aliphatic rings. The van der Waals surface area contributed by atoms with Gasteiger partial charge in [0.25, 0.3) is 0 Å². The normalized spacial score (nSPS) is 14.4. The molecule has 0 aliphatic carbocycles. The maximum absolute atomic E-state index is 10.9. The lowest BCUT2D eigenvalue weighted by atomic mass is 9.92. The number of carboxylic acid groups (broad SMARTS) is 2. The first-order chi connectivity index (χ1) is 7.49. The van der Waals surface area contributed by atoms with Crippen molar-refractivity contribution in [2.45, 2.75) is 52.4 Å². The quantitative estimate of drug-likeness (QED) is 0.597. The molecule has 0 saturated carbocycles. The summed E-state index contributed by atoms with van der Waals surface area (Å²) < 4.78 is 0. The lowest BCUT2D eigenvalue weighted by molar-refractivity contribution is -0.144. The molecule has 0 aromatic heterocycles. The van der Waals surface area contributed by atoms with E-state index in [0.717, 1.165) is 19.3 Å². The fourth-order valence-electron chi connectivity index (χ4n) is 1.61. The molecule has 16 heavy (non-hydrogen) atoms. The van der Waals surface area contributed by atoms with Crippen LogP contribution in [0.4, 0.5) is 0 Å². The molecule has 0 rings (SSSR count). The lowest BCUT2D eigenvalue weighted by Gasteiger charge is -2.13. The molecule has 0 heterocycles. The van der Waals surface area contributed by atoms with Crippen molar-refractivity contribution >= 4 is 11.9 Å². The largest absolute Gasteiger partial charge is 0.481 e. The topological polar surface area (TPSA) is 74.6 Å². The Bertz CT molecular complexity index is 225. The van der Waals surface area contributed by atoms with Crippen LogP contribution in [0.15, 0.2) is 0 Å². The second-order valence-corrected chi connectivity index (χ2v) is 4.35. The van der Waals surface area contributed by atoms with E-state index in [1.54, 1.807) is 6.92 Å². The molecular weight excluding hydrogens is 208 g/mol. The zero-order valence-electron chi connectivity index (χ0n) is 10.1. The molecule has 0 saturated heterocycles. The van der Waals surface area contributed by atoms with Gasteiger partial charge in [-0.3, -0.25) is 9.59 Å². The van der Waals surface area contributed by atoms with Gasteiger partial charge in [-0.1, -0.05) is 33.1 Å². The van der Waals surface area contributed by atoms with Gasteiger partial charge in [-0.15, -0.1) is 0 Å². The molecule has 4 heteroatoms. The van der Waals surface area contributed by atoms with Crippen LogP contribution in [0.5, 0.6) is 0 Å². The first-order valence-electron chi connectivity index (χ1n) is 5.94. The summed E-state index contributed by atoms with van der Waals surface area (Å²) in [5.41, 5.74) is 0. The fourth-order valence-corrected chi connectivity index (χ4v) is 1.61. The Morgan fingerprint density at radius 3 is 2.06 bits per heavy atom. The molecule has 0 aromatic rings. The average molecular weight is 230 g/mol. The molecule has 4 nitrogen and oxygen atoms in total. The highest BCUT2D eigenvalue weighted by Gasteiger charge is 2.20. The highest BCUT2D eigenvalue weighted by Crippen LogP contribution is 2.19. The van der Waals surface area contributed by atoms with Crippen LogP contribution in [0.3, 0.4) is 0 Å². The molecule has 2 unspecified atom stereocenters. The standard InChI is InChI=1S/C12H22O4/c1-3-4-5-6-10(12(15)16)8-7-9(2)11(13)14/h9-10H,3-8H2,1-2H3,(H,13,14)(H,15,16). The summed E-state index contributed by atoms with van der Waals surface area (Å²) in [5.74, 6) is -2.48. The summed E-state index contributed by atoms with van der Waals surface area (Å²) in [6, 6.07) is 0. The van der Waals surface area contributed by atoms with Gasteiger partial charge in [0.2, 0.25) is 0 Å². The van der Waals surface area contributed by atoms with Gasteiger partial charge in [0.15, 0.2) is 0 Å². The monoisotopic (exact) mass is 230 g/mol. The van der Waals surface area contributed by atoms with E-state index in [0.29, 0.717) is 19.3 Å². The number of unbranched alkanes of at least 4 members (excludes halogenated alkanes) is 2. The van der Waals surface area contributed by atoms with E-state index in [9.17, 15) is 9.59 Å². The molecule has 2 N–H and O–H groups in total. The Hall–Kier alpha value is -1.06. The third-order valence-corrected chi connectivity index (χ3v) is 2.88. The van der Waals surface area contributed by atoms with Crippen molar-refractivity contribution in [2.75, 3.05) is 0 Å². The summed E-state index contributed by atoms with van der Waals surface area (Å²) >= 11 is 0. The second-order valence-electron chi connectivity index (χ2n) is 4.35. The first-order valence-corrected chi connectivity index (χ1v) is 5.94. The average Bonchev–Trinajstić information content (AvgIpc) is 2.21. The summed E-state index contributed by atoms with van der Waals surface area (Å²) in [6.07, 6.45) is 4.59. The summed E-state index contributed by atoms with van der Waals surface area (Å²) in [5, 5.41) is 17.7. The third-order valence-electron chi connectivity index (χ3n) is 2.88. The van der Waals surface area contributed by atoms with Crippen LogP contribution in [-0.4, -0.2) is 22.2 Å². The smallest absolute Gasteiger partial charge is 0.306 e. The van der Waals surface area contributed by atoms with Gasteiger partial charge in [-0.25, -0.2) is 0 Å². The molecule has 0 radical (unpaired) electrons. The van der Waals surface area contributed by atoms with Crippen LogP contribution in [-0.2, 0) is 9.59 Å². The van der Waals surface area contributed by atoms with E-state index in [-0.39, 0.29) is 5.92 Å². The van der Waals surface area contributed by atoms with Gasteiger partial charge in [0, 0.05) is 0 Å². The summed E-state index contributed by atoms with van der Waals surface area (Å²) in [7, 11) is 0. The Labute approximate surface area is 96.7 Å². The number of carbonyl (C=O) groups is 2. The van der Waals surface area contributed by atoms with Gasteiger partial charge in [0.1, 0.15) is 0 Å². The van der Waals surface area contributed by atoms with Gasteiger partial charge >= 0.3 is 11.9 Å². The number of hydrogen-bond acceptors (Lipinski definition) is 2. The van der Waals surface area contributed by atoms with Crippen molar-refractivity contribution in [2.24, 2.45) is 11.8 Å². The highest BCUT2D eigenvalue weighted by molar-refractivity contribution is 5.71. The van der Waals surface area contributed by atoms with E-state index in [4.69, 9.17) is 10.2 Å². The van der Waals surface area contributed by atoms with Crippen LogP contribution >= 0.6 is 0 Å². The maximum Gasteiger partial charge on any atom is 0.306 e. The Morgan fingerprint density at radius 2 is 1.62 bits per heavy atom. The Morgan fingerprint density at radius 1 is 1.00 bits per heavy atom. The minimum absolute atomic E-state index is 0.381. The van der Waals surface area contributed by atoms with Crippen LogP contribution in [0.25, 0.3) is 0 Å². The van der Waals surface area contributed by atoms with E-state index < -0.39 is 17.9 Å². The van der Waals surface area contributed by atoms with Crippen molar-refractivity contribution in [3.05, 3.63) is 0 Å². The predicted molar refractivity (Wildman–Crippen MR) is 61.3 cm³/mol. The Kier molecular flexibility index (Phi) is 7.60. The van der Waals surface area contributed by atoms with Crippen molar-refractivity contribution in [1.29, 1.82) is 0 Å². The summed E-state index contributed by atoms with van der Waals surface area (Å²) in [6.45, 7) is 3.69. The second kappa shape index (κ2) is 8.13. The van der Waals surface area contributed by atoms with Crippen LogP contribution < -0.4 is 0 Å². The predicted octanol–water partition coefficient (Wildman–Crippen LogP) is 2.77. The van der Waals surface area contributed by atoms with Gasteiger partial charge in [-0.2, -0.15) is 0 Å². The van der Waals surface area contributed by atoms with Crippen molar-refractivity contribution in [3.63, 3.8) is 0 Å². The molecular formula is C12H22O4. The molecule has 0 amide bonds. The fraction of sp³-hybridized carbons (Fsp3) is 0.833. The van der Waals surface area contributed by atoms with Gasteiger partial charge < -0.3 is 10.2 Å². The van der Waals surface area contributed by atoms with E-state index >= 15 is 0 Å². The molecule has 2 atom stereocenters. The first kappa shape index (κ1) is 14.9. The maximum atomic E-state index is 10.9. The molecule has 0 aliphatic heterocycles. The number of carboxylic acids is 2. The van der Waals surface area contributed by atoms with Crippen molar-refractivity contribution in [1.82, 2.24) is 0 Å². The SMILES string of the molecule is CCCCCC(CCC(C)C(=O)O)C(=O)O. The Balaban J connectivity index is 3.94. The van der Waals surface area contributed by atoms with E-state index in [1.807, 2.05) is 0 Å². The minimum Gasteiger partial charge on any atom is -0.481 e. The highest BCUT2D eigenvalue weighted by atomic mass is 16.4. The molecule has 0 bridgehead atoms. The lowest BCUT2D eigenvalue weighted by Crippen LogP contribution is -2.17. The molecule has 0 aromatic carbocycles. The number of hydrogen-bond donors (Lipinski definition) is 2. The van der Waals surface area contributed by atoms with Crippen molar-refractivity contribution in [3.8, 4) is 0 Å². The zero-order valence-corrected chi connectivity index (χ0v) is 10.1. The van der Waals surface area contributed by atoms with Gasteiger partial charge in [-0.05, 0) is 19.3 Å². The van der Waals surface area contributed by atoms with Crippen molar-refractivity contribution < 1.29 is 19.8 Å². The summed E-state index contributed by atoms with van der Waals surface area (Å²) in [4.78, 5) is 21.5. The minimum atomic E-state index is -0.849. The third kappa shape index (κ3) is 6.43. The molecule has 0 spiro atoms. The molecule has 0 fully saturated rings. The molecule has 94 valence electrons. The van der Waals surface area contributed by atoms with Crippen LogP contribution in [0, 0.1) is 11.8 Å². The van der Waals surface area contributed by atoms with Crippen LogP contribution in [0.1, 0.15) is 52.4 Å². The van der Waals surface area contributed by atoms with Gasteiger partial charge in [0.05, 0.1) is 11.8 Å².